The van der Waals surface area contributed by atoms with E-state index >= 15 is 0 Å². The van der Waals surface area contributed by atoms with E-state index in [-0.39, 0.29) is 0 Å². The molecule has 0 saturated carbocycles. The van der Waals surface area contributed by atoms with Gasteiger partial charge in [-0.3, -0.25) is 0 Å². The van der Waals surface area contributed by atoms with Gasteiger partial charge in [-0.2, -0.15) is 0 Å². The van der Waals surface area contributed by atoms with Gasteiger partial charge >= 0.3 is 0 Å². The molecule has 37 heavy (non-hydrogen) atoms. The second kappa shape index (κ2) is 8.75. The van der Waals surface area contributed by atoms with Crippen LogP contribution >= 0.6 is 0 Å². The van der Waals surface area contributed by atoms with Crippen LogP contribution in [0.2, 0.25) is 0 Å². The van der Waals surface area contributed by atoms with Gasteiger partial charge in [-0.1, -0.05) is 91.0 Å². The molecule has 0 aliphatic carbocycles. The number of aromatic nitrogens is 3. The number of para-hydroxylation sites is 1. The van der Waals surface area contributed by atoms with E-state index in [4.69, 9.17) is 9.97 Å². The van der Waals surface area contributed by atoms with Gasteiger partial charge < -0.3 is 9.47 Å². The first-order valence-corrected chi connectivity index (χ1v) is 12.7. The van der Waals surface area contributed by atoms with E-state index in [0.717, 1.165) is 52.6 Å². The van der Waals surface area contributed by atoms with Gasteiger partial charge in [-0.05, 0) is 24.3 Å². The van der Waals surface area contributed by atoms with Crippen LogP contribution in [0.25, 0.3) is 50.5 Å². The normalized spacial score (nSPS) is 12.7. The van der Waals surface area contributed by atoms with Gasteiger partial charge in [0.25, 0.3) is 0 Å². The third-order valence-electron chi connectivity index (χ3n) is 7.24. The number of hydrogen-bond acceptors (Lipinski definition) is 3. The molecule has 2 aromatic heterocycles. The van der Waals surface area contributed by atoms with Crippen molar-refractivity contribution in [3.8, 4) is 39.6 Å². The minimum atomic E-state index is 0.733. The topological polar surface area (TPSA) is 34.0 Å². The number of hydrogen-bond donors (Lipinski definition) is 0. The summed E-state index contributed by atoms with van der Waals surface area (Å²) in [4.78, 5) is 12.4. The molecule has 3 heterocycles. The van der Waals surface area contributed by atoms with E-state index in [9.17, 15) is 0 Å². The van der Waals surface area contributed by atoms with Crippen molar-refractivity contribution >= 4 is 16.6 Å². The van der Waals surface area contributed by atoms with Crippen LogP contribution in [0.5, 0.6) is 0 Å². The minimum Gasteiger partial charge on any atom is -0.372 e. The molecular weight excluding hydrogens is 452 g/mol. The molecule has 0 unspecified atom stereocenters. The molecule has 1 aliphatic rings. The molecule has 0 N–H and O–H groups in total. The average Bonchev–Trinajstić information content (AvgIpc) is 3.51. The third kappa shape index (κ3) is 3.69. The van der Waals surface area contributed by atoms with Crippen molar-refractivity contribution in [1.29, 1.82) is 0 Å². The van der Waals surface area contributed by atoms with Crippen LogP contribution in [-0.4, -0.2) is 28.1 Å². The zero-order valence-electron chi connectivity index (χ0n) is 20.7. The molecule has 6 aromatic rings. The number of likely N-dealkylation sites (N-methyl/N-ethyl adjacent to an activating group) is 1. The highest BCUT2D eigenvalue weighted by Gasteiger charge is 2.25. The molecule has 0 bridgehead atoms. The maximum atomic E-state index is 5.04. The Morgan fingerprint density at radius 2 is 1.27 bits per heavy atom. The molecule has 0 fully saturated rings. The lowest BCUT2D eigenvalue weighted by Crippen LogP contribution is -2.12. The summed E-state index contributed by atoms with van der Waals surface area (Å²) in [6.07, 6.45) is 1.04. The lowest BCUT2D eigenvalue weighted by Gasteiger charge is -2.13. The maximum absolute atomic E-state index is 5.04. The number of rotatable bonds is 4. The summed E-state index contributed by atoms with van der Waals surface area (Å²) < 4.78 is 2.43. The van der Waals surface area contributed by atoms with Crippen LogP contribution < -0.4 is 4.90 Å². The molecular formula is C33H26N4. The van der Waals surface area contributed by atoms with Gasteiger partial charge in [0.15, 0.2) is 5.82 Å². The highest BCUT2D eigenvalue weighted by molar-refractivity contribution is 5.98. The Morgan fingerprint density at radius 1 is 0.622 bits per heavy atom. The molecule has 0 radical (unpaired) electrons. The van der Waals surface area contributed by atoms with Crippen molar-refractivity contribution in [2.75, 3.05) is 18.5 Å². The second-order valence-corrected chi connectivity index (χ2v) is 9.56. The van der Waals surface area contributed by atoms with Gasteiger partial charge in [-0.25, -0.2) is 9.97 Å². The summed E-state index contributed by atoms with van der Waals surface area (Å²) in [7, 11) is 2.19. The lowest BCUT2D eigenvalue weighted by molar-refractivity contribution is 0.913. The first kappa shape index (κ1) is 21.6. The van der Waals surface area contributed by atoms with Gasteiger partial charge in [0.1, 0.15) is 0 Å². The van der Waals surface area contributed by atoms with E-state index in [0.29, 0.717) is 0 Å². The summed E-state index contributed by atoms with van der Waals surface area (Å²) in [5.41, 5.74) is 10.1. The summed E-state index contributed by atoms with van der Waals surface area (Å²) >= 11 is 0. The molecule has 7 rings (SSSR count). The molecule has 0 saturated heterocycles. The fourth-order valence-corrected chi connectivity index (χ4v) is 5.48. The van der Waals surface area contributed by atoms with Crippen LogP contribution in [0.15, 0.2) is 115 Å². The van der Waals surface area contributed by atoms with E-state index in [1.165, 1.54) is 22.3 Å². The van der Waals surface area contributed by atoms with Crippen molar-refractivity contribution in [3.05, 3.63) is 121 Å². The highest BCUT2D eigenvalue weighted by Crippen LogP contribution is 2.40. The van der Waals surface area contributed by atoms with Crippen molar-refractivity contribution in [3.63, 3.8) is 0 Å². The van der Waals surface area contributed by atoms with Gasteiger partial charge in [0.2, 0.25) is 0 Å². The summed E-state index contributed by atoms with van der Waals surface area (Å²) in [5.74, 6) is 0.733. The summed E-state index contributed by atoms with van der Waals surface area (Å²) in [6, 6.07) is 40.1. The minimum absolute atomic E-state index is 0.733. The van der Waals surface area contributed by atoms with Gasteiger partial charge in [0, 0.05) is 53.5 Å². The van der Waals surface area contributed by atoms with E-state index < -0.39 is 0 Å². The SMILES string of the molecule is CN1CCc2c1c1ccccc1n2-c1cccc(-c2cc(-c3ccccc3)nc(-c3ccccc3)n2)c1. The van der Waals surface area contributed by atoms with Crippen LogP contribution in [0.1, 0.15) is 5.69 Å². The predicted molar refractivity (Wildman–Crippen MR) is 152 cm³/mol. The van der Waals surface area contributed by atoms with Gasteiger partial charge in [0.05, 0.1) is 22.6 Å². The highest BCUT2D eigenvalue weighted by atomic mass is 15.2. The van der Waals surface area contributed by atoms with Crippen molar-refractivity contribution in [1.82, 2.24) is 14.5 Å². The Kier molecular flexibility index (Phi) is 5.10. The predicted octanol–water partition coefficient (Wildman–Crippen LogP) is 7.41. The van der Waals surface area contributed by atoms with Crippen LogP contribution in [-0.2, 0) is 6.42 Å². The molecule has 0 amide bonds. The average molecular weight is 479 g/mol. The zero-order valence-corrected chi connectivity index (χ0v) is 20.7. The fraction of sp³-hybridized carbons (Fsp3) is 0.0909. The van der Waals surface area contributed by atoms with E-state index in [1.54, 1.807) is 0 Å². The summed E-state index contributed by atoms with van der Waals surface area (Å²) in [6.45, 7) is 1.04. The standard InChI is InChI=1S/C33H26N4/c1-36-20-19-31-32(36)27-17-8-9-18-30(27)37(31)26-16-10-15-25(21-26)29-22-28(23-11-4-2-5-12-23)34-33(35-29)24-13-6-3-7-14-24/h2-18,21-22H,19-20H2,1H3. The zero-order chi connectivity index (χ0) is 24.8. The first-order valence-electron chi connectivity index (χ1n) is 12.7. The lowest BCUT2D eigenvalue weighted by atomic mass is 10.1. The van der Waals surface area contributed by atoms with Crippen LogP contribution in [0, 0.1) is 0 Å². The largest absolute Gasteiger partial charge is 0.372 e. The molecule has 0 spiro atoms. The van der Waals surface area contributed by atoms with Gasteiger partial charge in [-0.15, -0.1) is 0 Å². The smallest absolute Gasteiger partial charge is 0.160 e. The fourth-order valence-electron chi connectivity index (χ4n) is 5.48. The quantitative estimate of drug-likeness (QED) is 0.264. The number of benzene rings is 4. The van der Waals surface area contributed by atoms with Crippen LogP contribution in [0.4, 0.5) is 5.69 Å². The Bertz CT molecular complexity index is 1680. The molecule has 1 aliphatic heterocycles. The molecule has 4 heteroatoms. The second-order valence-electron chi connectivity index (χ2n) is 9.56. The Morgan fingerprint density at radius 3 is 2.05 bits per heavy atom. The number of anilines is 1. The number of fused-ring (bicyclic) bond motifs is 3. The first-order chi connectivity index (χ1) is 18.3. The third-order valence-corrected chi connectivity index (χ3v) is 7.24. The maximum Gasteiger partial charge on any atom is 0.160 e. The Labute approximate surface area is 216 Å². The van der Waals surface area contributed by atoms with E-state index in [2.05, 4.69) is 108 Å². The van der Waals surface area contributed by atoms with Crippen molar-refractivity contribution in [2.45, 2.75) is 6.42 Å². The monoisotopic (exact) mass is 478 g/mol. The Balaban J connectivity index is 1.41. The molecule has 4 aromatic carbocycles. The van der Waals surface area contributed by atoms with E-state index in [1.807, 2.05) is 24.3 Å². The molecule has 4 nitrogen and oxygen atoms in total. The van der Waals surface area contributed by atoms with Crippen molar-refractivity contribution < 1.29 is 0 Å². The number of nitrogens with zero attached hydrogens (tertiary/aromatic N) is 4. The Hall–Kier alpha value is -4.70. The molecule has 178 valence electrons. The van der Waals surface area contributed by atoms with Crippen LogP contribution in [0.3, 0.4) is 0 Å². The van der Waals surface area contributed by atoms with Crippen molar-refractivity contribution in [2.24, 2.45) is 0 Å². The summed E-state index contributed by atoms with van der Waals surface area (Å²) in [5, 5.41) is 1.31. The molecule has 0 atom stereocenters.